The monoisotopic (exact) mass is 233 g/mol. The van der Waals surface area contributed by atoms with E-state index in [0.29, 0.717) is 25.2 Å². The Morgan fingerprint density at radius 3 is 2.25 bits per heavy atom. The van der Waals surface area contributed by atoms with Crippen molar-refractivity contribution >= 4 is 0 Å². The zero-order valence-corrected chi connectivity index (χ0v) is 11.1. The first-order chi connectivity index (χ1) is 7.72. The molecule has 16 heavy (non-hydrogen) atoms. The summed E-state index contributed by atoms with van der Waals surface area (Å²) in [6.45, 7) is 7.99. The number of hydrogen-bond acceptors (Lipinski definition) is 4. The van der Waals surface area contributed by atoms with Crippen LogP contribution in [-0.4, -0.2) is 53.2 Å². The van der Waals surface area contributed by atoms with Gasteiger partial charge in [0, 0.05) is 26.4 Å². The standard InChI is InChI=1S/C12H27NO3/c1-11(2)12(13-3)10-16-7-5-6-15-9-8-14-4/h11-13H,5-10H2,1-4H3. The van der Waals surface area contributed by atoms with Gasteiger partial charge in [-0.2, -0.15) is 0 Å². The minimum atomic E-state index is 0.439. The molecule has 1 unspecified atom stereocenters. The molecule has 0 saturated heterocycles. The van der Waals surface area contributed by atoms with Crippen molar-refractivity contribution in [1.29, 1.82) is 0 Å². The van der Waals surface area contributed by atoms with Gasteiger partial charge in [0.05, 0.1) is 19.8 Å². The fourth-order valence-corrected chi connectivity index (χ4v) is 1.33. The van der Waals surface area contributed by atoms with Crippen LogP contribution in [0.3, 0.4) is 0 Å². The Morgan fingerprint density at radius 2 is 1.69 bits per heavy atom. The van der Waals surface area contributed by atoms with Gasteiger partial charge in [0.15, 0.2) is 0 Å². The Kier molecular flexibility index (Phi) is 11.2. The SMILES string of the molecule is CNC(COCCCOCCOC)C(C)C. The molecule has 98 valence electrons. The highest BCUT2D eigenvalue weighted by Crippen LogP contribution is 2.01. The number of nitrogens with one attached hydrogen (secondary N) is 1. The zero-order valence-electron chi connectivity index (χ0n) is 11.1. The van der Waals surface area contributed by atoms with Gasteiger partial charge >= 0.3 is 0 Å². The summed E-state index contributed by atoms with van der Waals surface area (Å²) in [5.41, 5.74) is 0. The molecule has 0 aliphatic rings. The summed E-state index contributed by atoms with van der Waals surface area (Å²) >= 11 is 0. The van der Waals surface area contributed by atoms with Crippen molar-refractivity contribution in [2.24, 2.45) is 5.92 Å². The highest BCUT2D eigenvalue weighted by atomic mass is 16.5. The molecular weight excluding hydrogens is 206 g/mol. The molecule has 1 atom stereocenters. The first-order valence-corrected chi connectivity index (χ1v) is 6.04. The van der Waals surface area contributed by atoms with E-state index in [-0.39, 0.29) is 0 Å². The van der Waals surface area contributed by atoms with Crippen molar-refractivity contribution in [2.45, 2.75) is 26.3 Å². The van der Waals surface area contributed by atoms with Crippen molar-refractivity contribution < 1.29 is 14.2 Å². The summed E-state index contributed by atoms with van der Waals surface area (Å²) in [7, 11) is 3.65. The fourth-order valence-electron chi connectivity index (χ4n) is 1.33. The molecule has 0 aliphatic carbocycles. The molecule has 0 aromatic carbocycles. The van der Waals surface area contributed by atoms with E-state index in [1.54, 1.807) is 7.11 Å². The second-order valence-electron chi connectivity index (χ2n) is 4.17. The summed E-state index contributed by atoms with van der Waals surface area (Å²) in [5.74, 6) is 0.600. The Labute approximate surface area is 99.6 Å². The van der Waals surface area contributed by atoms with Gasteiger partial charge in [-0.3, -0.25) is 0 Å². The fraction of sp³-hybridized carbons (Fsp3) is 1.00. The smallest absolute Gasteiger partial charge is 0.0700 e. The summed E-state index contributed by atoms with van der Waals surface area (Å²) in [6.07, 6.45) is 0.943. The minimum Gasteiger partial charge on any atom is -0.382 e. The van der Waals surface area contributed by atoms with Crippen LogP contribution in [0, 0.1) is 5.92 Å². The molecule has 0 fully saturated rings. The lowest BCUT2D eigenvalue weighted by atomic mass is 10.1. The van der Waals surface area contributed by atoms with E-state index < -0.39 is 0 Å². The van der Waals surface area contributed by atoms with E-state index in [0.717, 1.165) is 26.2 Å². The Balaban J connectivity index is 3.19. The number of hydrogen-bond donors (Lipinski definition) is 1. The Morgan fingerprint density at radius 1 is 1.00 bits per heavy atom. The van der Waals surface area contributed by atoms with Gasteiger partial charge in [-0.25, -0.2) is 0 Å². The molecule has 0 amide bonds. The van der Waals surface area contributed by atoms with Crippen LogP contribution in [0.1, 0.15) is 20.3 Å². The average Bonchev–Trinajstić information content (AvgIpc) is 2.26. The number of ether oxygens (including phenoxy) is 3. The lowest BCUT2D eigenvalue weighted by molar-refractivity contribution is 0.0452. The maximum absolute atomic E-state index is 5.58. The van der Waals surface area contributed by atoms with Gasteiger partial charge < -0.3 is 19.5 Å². The van der Waals surface area contributed by atoms with Gasteiger partial charge in [0.2, 0.25) is 0 Å². The van der Waals surface area contributed by atoms with Crippen LogP contribution in [0.15, 0.2) is 0 Å². The molecule has 0 heterocycles. The second kappa shape index (κ2) is 11.3. The second-order valence-corrected chi connectivity index (χ2v) is 4.17. The summed E-state index contributed by atoms with van der Waals surface area (Å²) < 4.78 is 15.8. The van der Waals surface area contributed by atoms with Crippen LogP contribution >= 0.6 is 0 Å². The third-order valence-electron chi connectivity index (χ3n) is 2.48. The normalized spacial score (nSPS) is 13.3. The molecule has 4 heteroatoms. The third kappa shape index (κ3) is 9.09. The van der Waals surface area contributed by atoms with Gasteiger partial charge in [-0.05, 0) is 19.4 Å². The minimum absolute atomic E-state index is 0.439. The lowest BCUT2D eigenvalue weighted by Crippen LogP contribution is -2.35. The average molecular weight is 233 g/mol. The molecule has 0 rings (SSSR count). The Hall–Kier alpha value is -0.160. The van der Waals surface area contributed by atoms with Crippen molar-refractivity contribution in [3.05, 3.63) is 0 Å². The van der Waals surface area contributed by atoms with E-state index in [1.807, 2.05) is 7.05 Å². The Bertz CT molecular complexity index is 142. The molecule has 0 aliphatic heterocycles. The van der Waals surface area contributed by atoms with E-state index in [2.05, 4.69) is 19.2 Å². The lowest BCUT2D eigenvalue weighted by Gasteiger charge is -2.19. The van der Waals surface area contributed by atoms with E-state index >= 15 is 0 Å². The topological polar surface area (TPSA) is 39.7 Å². The van der Waals surface area contributed by atoms with Crippen molar-refractivity contribution in [3.63, 3.8) is 0 Å². The highest BCUT2D eigenvalue weighted by Gasteiger charge is 2.09. The van der Waals surface area contributed by atoms with Crippen LogP contribution < -0.4 is 5.32 Å². The number of rotatable bonds is 11. The summed E-state index contributed by atoms with van der Waals surface area (Å²) in [4.78, 5) is 0. The molecule has 0 aromatic heterocycles. The van der Waals surface area contributed by atoms with E-state index in [9.17, 15) is 0 Å². The first-order valence-electron chi connectivity index (χ1n) is 6.04. The van der Waals surface area contributed by atoms with Crippen LogP contribution in [0.2, 0.25) is 0 Å². The molecule has 0 aromatic rings. The predicted molar refractivity (Wildman–Crippen MR) is 65.8 cm³/mol. The van der Waals surface area contributed by atoms with E-state index in [1.165, 1.54) is 0 Å². The van der Waals surface area contributed by atoms with Gasteiger partial charge in [0.25, 0.3) is 0 Å². The molecule has 0 spiro atoms. The largest absolute Gasteiger partial charge is 0.382 e. The van der Waals surface area contributed by atoms with Gasteiger partial charge in [-0.15, -0.1) is 0 Å². The first kappa shape index (κ1) is 15.8. The summed E-state index contributed by atoms with van der Waals surface area (Å²) in [5, 5.41) is 3.25. The summed E-state index contributed by atoms with van der Waals surface area (Å²) in [6, 6.07) is 0.439. The van der Waals surface area contributed by atoms with Crippen molar-refractivity contribution in [1.82, 2.24) is 5.32 Å². The molecule has 0 bridgehead atoms. The van der Waals surface area contributed by atoms with Gasteiger partial charge in [0.1, 0.15) is 0 Å². The third-order valence-corrected chi connectivity index (χ3v) is 2.48. The number of likely N-dealkylation sites (N-methyl/N-ethyl adjacent to an activating group) is 1. The van der Waals surface area contributed by atoms with Crippen molar-refractivity contribution in [3.8, 4) is 0 Å². The van der Waals surface area contributed by atoms with E-state index in [4.69, 9.17) is 14.2 Å². The zero-order chi connectivity index (χ0) is 12.2. The van der Waals surface area contributed by atoms with Gasteiger partial charge in [-0.1, -0.05) is 13.8 Å². The highest BCUT2D eigenvalue weighted by molar-refractivity contribution is 4.66. The molecular formula is C12H27NO3. The molecule has 4 nitrogen and oxygen atoms in total. The van der Waals surface area contributed by atoms with Crippen LogP contribution in [0.25, 0.3) is 0 Å². The maximum atomic E-state index is 5.58. The molecule has 0 saturated carbocycles. The van der Waals surface area contributed by atoms with Crippen molar-refractivity contribution in [2.75, 3.05) is 47.2 Å². The quantitative estimate of drug-likeness (QED) is 0.546. The predicted octanol–water partition coefficient (Wildman–Crippen LogP) is 1.30. The van der Waals surface area contributed by atoms with Crippen LogP contribution in [0.4, 0.5) is 0 Å². The molecule has 1 N–H and O–H groups in total. The maximum Gasteiger partial charge on any atom is 0.0700 e. The number of methoxy groups -OCH3 is 1. The van der Waals surface area contributed by atoms with Crippen LogP contribution in [0.5, 0.6) is 0 Å². The molecule has 0 radical (unpaired) electrons. The van der Waals surface area contributed by atoms with Crippen LogP contribution in [-0.2, 0) is 14.2 Å².